The van der Waals surface area contributed by atoms with Gasteiger partial charge in [-0.3, -0.25) is 19.0 Å². The van der Waals surface area contributed by atoms with Gasteiger partial charge in [0.2, 0.25) is 0 Å². The van der Waals surface area contributed by atoms with Crippen LogP contribution in [0.25, 0.3) is 27.6 Å². The van der Waals surface area contributed by atoms with E-state index in [0.717, 1.165) is 10.6 Å². The van der Waals surface area contributed by atoms with Crippen molar-refractivity contribution in [2.75, 3.05) is 0 Å². The molecule has 0 radical (unpaired) electrons. The first kappa shape index (κ1) is 16.2. The molecule has 0 unspecified atom stereocenters. The summed E-state index contributed by atoms with van der Waals surface area (Å²) in [4.78, 5) is 20.9. The van der Waals surface area contributed by atoms with Crippen LogP contribution in [0.4, 0.5) is 13.2 Å². The number of alkyl halides is 3. The molecule has 0 aromatic carbocycles. The number of hydrogen-bond donors (Lipinski definition) is 0. The summed E-state index contributed by atoms with van der Waals surface area (Å²) in [5.41, 5.74) is -0.683. The van der Waals surface area contributed by atoms with Crippen molar-refractivity contribution in [2.45, 2.75) is 13.1 Å². The van der Waals surface area contributed by atoms with Crippen LogP contribution in [-0.4, -0.2) is 24.3 Å². The molecule has 4 aromatic heterocycles. The minimum absolute atomic E-state index is 0.0820. The summed E-state index contributed by atoms with van der Waals surface area (Å²) in [5, 5.41) is 5.02. The van der Waals surface area contributed by atoms with Crippen LogP contribution in [-0.2, 0) is 13.2 Å². The van der Waals surface area contributed by atoms with Crippen molar-refractivity contribution in [3.63, 3.8) is 0 Å². The zero-order chi connectivity index (χ0) is 18.6. The van der Waals surface area contributed by atoms with Crippen molar-refractivity contribution < 1.29 is 13.2 Å². The first-order valence-corrected chi connectivity index (χ1v) is 7.65. The molecule has 0 fully saturated rings. The quantitative estimate of drug-likeness (QED) is 0.524. The van der Waals surface area contributed by atoms with Crippen LogP contribution in [0.3, 0.4) is 0 Å². The Hall–Kier alpha value is -3.23. The lowest BCUT2D eigenvalue weighted by atomic mass is 10.1. The zero-order valence-electron chi connectivity index (χ0n) is 13.7. The molecule has 0 amide bonds. The van der Waals surface area contributed by atoms with E-state index in [0.29, 0.717) is 22.2 Å². The Kier molecular flexibility index (Phi) is 3.36. The number of hydrogen-bond acceptors (Lipinski definition) is 4. The molecule has 0 spiro atoms. The summed E-state index contributed by atoms with van der Waals surface area (Å²) in [7, 11) is 1.64. The van der Waals surface area contributed by atoms with Gasteiger partial charge in [0, 0.05) is 30.2 Å². The van der Waals surface area contributed by atoms with E-state index in [1.54, 1.807) is 38.5 Å². The maximum Gasteiger partial charge on any atom is 0.433 e. The Morgan fingerprint density at radius 2 is 1.88 bits per heavy atom. The molecule has 4 aromatic rings. The fraction of sp³-hybridized carbons (Fsp3) is 0.176. The van der Waals surface area contributed by atoms with Gasteiger partial charge in [0.05, 0.1) is 11.4 Å². The van der Waals surface area contributed by atoms with Crippen molar-refractivity contribution in [2.24, 2.45) is 7.05 Å². The molecule has 0 N–H and O–H groups in total. The SMILES string of the molecule is Cc1ncccc1-n1c(=O)c2nn(C)cc2c2ccc(C(F)(F)F)nc21. The topological polar surface area (TPSA) is 65.6 Å². The van der Waals surface area contributed by atoms with Crippen LogP contribution in [0.1, 0.15) is 11.4 Å². The molecular weight excluding hydrogens is 347 g/mol. The molecule has 0 aliphatic heterocycles. The smallest absolute Gasteiger partial charge is 0.274 e. The fourth-order valence-corrected chi connectivity index (χ4v) is 2.97. The van der Waals surface area contributed by atoms with Gasteiger partial charge in [-0.1, -0.05) is 0 Å². The molecule has 26 heavy (non-hydrogen) atoms. The predicted octanol–water partition coefficient (Wildman–Crippen LogP) is 2.99. The normalized spacial score (nSPS) is 12.2. The zero-order valence-corrected chi connectivity index (χ0v) is 13.7. The van der Waals surface area contributed by atoms with Crippen LogP contribution >= 0.6 is 0 Å². The number of pyridine rings is 3. The largest absolute Gasteiger partial charge is 0.433 e. The van der Waals surface area contributed by atoms with E-state index in [2.05, 4.69) is 15.1 Å². The summed E-state index contributed by atoms with van der Waals surface area (Å²) in [6.07, 6.45) is -1.49. The van der Waals surface area contributed by atoms with Gasteiger partial charge in [-0.25, -0.2) is 4.98 Å². The Bertz CT molecular complexity index is 1220. The monoisotopic (exact) mass is 359 g/mol. The predicted molar refractivity (Wildman–Crippen MR) is 89.1 cm³/mol. The fourth-order valence-electron chi connectivity index (χ4n) is 2.97. The van der Waals surface area contributed by atoms with Crippen molar-refractivity contribution in [1.29, 1.82) is 0 Å². The van der Waals surface area contributed by atoms with E-state index >= 15 is 0 Å². The first-order valence-electron chi connectivity index (χ1n) is 7.65. The molecule has 0 saturated carbocycles. The number of nitrogens with zero attached hydrogens (tertiary/aromatic N) is 5. The number of aryl methyl sites for hydroxylation is 2. The van der Waals surface area contributed by atoms with Gasteiger partial charge >= 0.3 is 6.18 Å². The van der Waals surface area contributed by atoms with E-state index in [4.69, 9.17) is 0 Å². The summed E-state index contributed by atoms with van der Waals surface area (Å²) in [6.45, 7) is 1.67. The molecule has 0 saturated heterocycles. The van der Waals surface area contributed by atoms with E-state index in [1.807, 2.05) is 0 Å². The minimum atomic E-state index is -4.62. The van der Waals surface area contributed by atoms with Gasteiger partial charge in [-0.2, -0.15) is 18.3 Å². The van der Waals surface area contributed by atoms with Crippen LogP contribution in [0.15, 0.2) is 41.5 Å². The maximum absolute atomic E-state index is 13.2. The molecule has 0 aliphatic rings. The van der Waals surface area contributed by atoms with E-state index in [9.17, 15) is 18.0 Å². The van der Waals surface area contributed by atoms with Gasteiger partial charge in [0.1, 0.15) is 11.3 Å². The first-order chi connectivity index (χ1) is 12.3. The van der Waals surface area contributed by atoms with Gasteiger partial charge < -0.3 is 0 Å². The second-order valence-corrected chi connectivity index (χ2v) is 5.88. The Morgan fingerprint density at radius 3 is 2.58 bits per heavy atom. The lowest BCUT2D eigenvalue weighted by Crippen LogP contribution is -2.22. The van der Waals surface area contributed by atoms with Crippen molar-refractivity contribution in [1.82, 2.24) is 24.3 Å². The molecule has 9 heteroatoms. The number of halogens is 3. The van der Waals surface area contributed by atoms with E-state index < -0.39 is 17.4 Å². The molecule has 0 atom stereocenters. The number of fused-ring (bicyclic) bond motifs is 3. The lowest BCUT2D eigenvalue weighted by Gasteiger charge is -2.13. The standard InChI is InChI=1S/C17H12F3N5O/c1-9-12(4-3-7-21-9)25-15-10(5-6-13(22-15)17(18,19)20)11-8-24(2)23-14(11)16(25)26/h3-8H,1-2H3. The van der Waals surface area contributed by atoms with Crippen LogP contribution in [0, 0.1) is 6.92 Å². The van der Waals surface area contributed by atoms with Crippen LogP contribution in [0.5, 0.6) is 0 Å². The lowest BCUT2D eigenvalue weighted by molar-refractivity contribution is -0.141. The molecule has 0 bridgehead atoms. The molecule has 0 aliphatic carbocycles. The van der Waals surface area contributed by atoms with Crippen molar-refractivity contribution >= 4 is 21.9 Å². The summed E-state index contributed by atoms with van der Waals surface area (Å²) < 4.78 is 42.1. The number of aromatic nitrogens is 5. The van der Waals surface area contributed by atoms with Crippen LogP contribution in [0.2, 0.25) is 0 Å². The van der Waals surface area contributed by atoms with E-state index in [-0.39, 0.29) is 11.2 Å². The third kappa shape index (κ3) is 2.35. The van der Waals surface area contributed by atoms with Gasteiger partial charge in [0.25, 0.3) is 5.56 Å². The van der Waals surface area contributed by atoms with E-state index in [1.165, 1.54) is 10.7 Å². The molecule has 4 rings (SSSR count). The molecule has 4 heterocycles. The highest BCUT2D eigenvalue weighted by molar-refractivity contribution is 6.03. The highest BCUT2D eigenvalue weighted by atomic mass is 19.4. The average Bonchev–Trinajstić information content (AvgIpc) is 2.97. The molecule has 6 nitrogen and oxygen atoms in total. The second kappa shape index (κ2) is 5.38. The molecular formula is C17H12F3N5O. The van der Waals surface area contributed by atoms with Crippen molar-refractivity contribution in [3.8, 4) is 5.69 Å². The summed E-state index contributed by atoms with van der Waals surface area (Å²) in [5.74, 6) is 0. The third-order valence-electron chi connectivity index (χ3n) is 4.12. The second-order valence-electron chi connectivity index (χ2n) is 5.88. The Balaban J connectivity index is 2.24. The van der Waals surface area contributed by atoms with Crippen LogP contribution < -0.4 is 5.56 Å². The van der Waals surface area contributed by atoms with Crippen molar-refractivity contribution in [3.05, 3.63) is 58.4 Å². The maximum atomic E-state index is 13.2. The minimum Gasteiger partial charge on any atom is -0.274 e. The summed E-state index contributed by atoms with van der Waals surface area (Å²) >= 11 is 0. The Morgan fingerprint density at radius 1 is 1.12 bits per heavy atom. The average molecular weight is 359 g/mol. The third-order valence-corrected chi connectivity index (χ3v) is 4.12. The summed E-state index contributed by atoms with van der Waals surface area (Å²) in [6, 6.07) is 5.44. The van der Waals surface area contributed by atoms with Gasteiger partial charge in [0.15, 0.2) is 5.52 Å². The highest BCUT2D eigenvalue weighted by Gasteiger charge is 2.33. The Labute approximate surface area is 144 Å². The van der Waals surface area contributed by atoms with Gasteiger partial charge in [-0.05, 0) is 31.2 Å². The highest BCUT2D eigenvalue weighted by Crippen LogP contribution is 2.31. The van der Waals surface area contributed by atoms with Gasteiger partial charge in [-0.15, -0.1) is 0 Å². The molecule has 132 valence electrons. The number of rotatable bonds is 1.